The van der Waals surface area contributed by atoms with E-state index >= 15 is 0 Å². The summed E-state index contributed by atoms with van der Waals surface area (Å²) >= 11 is 0. The molecule has 0 radical (unpaired) electrons. The summed E-state index contributed by atoms with van der Waals surface area (Å²) in [4.78, 5) is 12.7. The number of esters is 1. The van der Waals surface area contributed by atoms with Gasteiger partial charge in [0.25, 0.3) is 0 Å². The number of benzene rings is 1. The number of hydrogen-bond donors (Lipinski definition) is 1. The maximum Gasteiger partial charge on any atom is 0.334 e. The Hall–Kier alpha value is -1.97. The Balaban J connectivity index is 2.01. The Morgan fingerprint density at radius 3 is 2.50 bits per heavy atom. The van der Waals surface area contributed by atoms with Crippen molar-refractivity contribution >= 4 is 5.97 Å². The Kier molecular flexibility index (Phi) is 5.77. The highest BCUT2D eigenvalue weighted by atomic mass is 16.6. The molecule has 0 spiro atoms. The summed E-state index contributed by atoms with van der Waals surface area (Å²) in [5.41, 5.74) is 1.68. The lowest BCUT2D eigenvalue weighted by Gasteiger charge is -2.47. The number of carbonyl (C=O) groups excluding carboxylic acids is 1. The van der Waals surface area contributed by atoms with Crippen LogP contribution in [-0.2, 0) is 14.9 Å². The number of allylic oxidation sites excluding steroid dienone is 1. The molecular formula is C26H38O4. The average molecular weight is 415 g/mol. The van der Waals surface area contributed by atoms with Crippen molar-refractivity contribution in [2.75, 3.05) is 0 Å². The van der Waals surface area contributed by atoms with Gasteiger partial charge in [0.2, 0.25) is 0 Å². The highest BCUT2D eigenvalue weighted by Gasteiger charge is 2.47. The van der Waals surface area contributed by atoms with Gasteiger partial charge in [-0.1, -0.05) is 33.3 Å². The summed E-state index contributed by atoms with van der Waals surface area (Å²) in [6.45, 7) is 16.5. The first-order chi connectivity index (χ1) is 13.7. The van der Waals surface area contributed by atoms with E-state index in [0.29, 0.717) is 12.0 Å². The van der Waals surface area contributed by atoms with Gasteiger partial charge in [0.15, 0.2) is 0 Å². The standard InChI is InChI=1S/C26H38O4/c1-9-12-25(5,6)17-14-20(27)22-18-13-16(23(28)30-24(2,3)4)10-11-19(18)26(7,8)29-21(22)15-17/h10,14-15,18-19,27H,9,11-13H2,1-8H3/t18-,19-/m1/s1. The van der Waals surface area contributed by atoms with E-state index < -0.39 is 5.60 Å². The van der Waals surface area contributed by atoms with E-state index in [1.54, 1.807) is 0 Å². The number of phenols is 1. The Morgan fingerprint density at radius 2 is 1.90 bits per heavy atom. The molecule has 3 rings (SSSR count). The van der Waals surface area contributed by atoms with Crippen molar-refractivity contribution in [3.05, 3.63) is 34.9 Å². The molecule has 1 aliphatic heterocycles. The van der Waals surface area contributed by atoms with Gasteiger partial charge in [0.1, 0.15) is 22.7 Å². The summed E-state index contributed by atoms with van der Waals surface area (Å²) in [5.74, 6) is 0.997. The molecule has 30 heavy (non-hydrogen) atoms. The first kappa shape index (κ1) is 22.7. The molecule has 2 atom stereocenters. The topological polar surface area (TPSA) is 55.8 Å². The van der Waals surface area contributed by atoms with Crippen molar-refractivity contribution in [1.82, 2.24) is 0 Å². The van der Waals surface area contributed by atoms with Crippen LogP contribution in [0.15, 0.2) is 23.8 Å². The third kappa shape index (κ3) is 4.38. The summed E-state index contributed by atoms with van der Waals surface area (Å²) < 4.78 is 12.1. The molecule has 4 heteroatoms. The van der Waals surface area contributed by atoms with Crippen LogP contribution in [-0.4, -0.2) is 22.3 Å². The number of hydrogen-bond acceptors (Lipinski definition) is 4. The number of aromatic hydroxyl groups is 1. The predicted molar refractivity (Wildman–Crippen MR) is 120 cm³/mol. The molecule has 1 heterocycles. The lowest BCUT2D eigenvalue weighted by Crippen LogP contribution is -2.46. The van der Waals surface area contributed by atoms with Gasteiger partial charge in [-0.25, -0.2) is 4.79 Å². The van der Waals surface area contributed by atoms with Crippen LogP contribution in [0.2, 0.25) is 0 Å². The van der Waals surface area contributed by atoms with Crippen molar-refractivity contribution in [2.24, 2.45) is 5.92 Å². The normalized spacial score (nSPS) is 23.0. The minimum Gasteiger partial charge on any atom is -0.508 e. The Morgan fingerprint density at radius 1 is 1.23 bits per heavy atom. The van der Waals surface area contributed by atoms with Gasteiger partial charge in [0.05, 0.1) is 0 Å². The molecule has 0 saturated heterocycles. The molecule has 1 aromatic rings. The second-order valence-electron chi connectivity index (χ2n) is 11.1. The molecular weight excluding hydrogens is 376 g/mol. The van der Waals surface area contributed by atoms with E-state index in [1.807, 2.05) is 32.9 Å². The number of phenolic OH excluding ortho intramolecular Hbond substituents is 1. The fraction of sp³-hybridized carbons (Fsp3) is 0.654. The zero-order valence-corrected chi connectivity index (χ0v) is 19.9. The van der Waals surface area contributed by atoms with Gasteiger partial charge in [-0.2, -0.15) is 0 Å². The Bertz CT molecular complexity index is 855. The molecule has 2 aliphatic rings. The minimum absolute atomic E-state index is 0.0274. The first-order valence-corrected chi connectivity index (χ1v) is 11.2. The third-order valence-electron chi connectivity index (χ3n) is 6.62. The molecule has 1 aliphatic carbocycles. The van der Waals surface area contributed by atoms with E-state index in [2.05, 4.69) is 40.7 Å². The summed E-state index contributed by atoms with van der Waals surface area (Å²) in [6, 6.07) is 4.01. The highest BCUT2D eigenvalue weighted by Crippen LogP contribution is 2.55. The second-order valence-corrected chi connectivity index (χ2v) is 11.1. The fourth-order valence-electron chi connectivity index (χ4n) is 5.07. The molecule has 0 aromatic heterocycles. The largest absolute Gasteiger partial charge is 0.508 e. The van der Waals surface area contributed by atoms with Crippen LogP contribution in [0, 0.1) is 5.92 Å². The maximum atomic E-state index is 12.7. The number of rotatable bonds is 4. The smallest absolute Gasteiger partial charge is 0.334 e. The lowest BCUT2D eigenvalue weighted by molar-refractivity contribution is -0.150. The van der Waals surface area contributed by atoms with Crippen molar-refractivity contribution in [3.63, 3.8) is 0 Å². The van der Waals surface area contributed by atoms with Gasteiger partial charge in [0, 0.05) is 23.0 Å². The second kappa shape index (κ2) is 7.62. The predicted octanol–water partition coefficient (Wildman–Crippen LogP) is 6.40. The zero-order valence-electron chi connectivity index (χ0n) is 19.9. The number of carbonyl (C=O) groups is 1. The lowest BCUT2D eigenvalue weighted by atomic mass is 9.66. The number of ether oxygens (including phenoxy) is 2. The van der Waals surface area contributed by atoms with Gasteiger partial charge >= 0.3 is 5.97 Å². The van der Waals surface area contributed by atoms with Crippen molar-refractivity contribution in [3.8, 4) is 11.5 Å². The molecule has 1 N–H and O–H groups in total. The molecule has 166 valence electrons. The first-order valence-electron chi connectivity index (χ1n) is 11.2. The van der Waals surface area contributed by atoms with Crippen LogP contribution < -0.4 is 4.74 Å². The molecule has 1 aromatic carbocycles. The number of fused-ring (bicyclic) bond motifs is 3. The van der Waals surface area contributed by atoms with Crippen LogP contribution in [0.5, 0.6) is 11.5 Å². The summed E-state index contributed by atoms with van der Waals surface area (Å²) in [7, 11) is 0. The zero-order chi connectivity index (χ0) is 22.5. The highest BCUT2D eigenvalue weighted by molar-refractivity contribution is 5.89. The van der Waals surface area contributed by atoms with E-state index in [0.717, 1.165) is 36.1 Å². The van der Waals surface area contributed by atoms with Gasteiger partial charge in [-0.05, 0) is 77.0 Å². The van der Waals surface area contributed by atoms with Crippen LogP contribution in [0.1, 0.15) is 98.1 Å². The SMILES string of the molecule is CCCC(C)(C)c1cc(O)c2c(c1)OC(C)(C)[C@@H]1CC=C(C(=O)OC(C)(C)C)C[C@@H]21. The van der Waals surface area contributed by atoms with Crippen LogP contribution in [0.25, 0.3) is 0 Å². The van der Waals surface area contributed by atoms with Crippen LogP contribution in [0.3, 0.4) is 0 Å². The van der Waals surface area contributed by atoms with Gasteiger partial charge in [-0.15, -0.1) is 0 Å². The molecule has 0 unspecified atom stereocenters. The monoisotopic (exact) mass is 414 g/mol. The minimum atomic E-state index is -0.524. The third-order valence-corrected chi connectivity index (χ3v) is 6.62. The fourth-order valence-corrected chi connectivity index (χ4v) is 5.07. The maximum absolute atomic E-state index is 12.7. The molecule has 0 fully saturated rings. The summed E-state index contributed by atoms with van der Waals surface area (Å²) in [5, 5.41) is 11.1. The molecule has 0 bridgehead atoms. The van der Waals surface area contributed by atoms with Crippen LogP contribution in [0.4, 0.5) is 0 Å². The van der Waals surface area contributed by atoms with E-state index in [4.69, 9.17) is 9.47 Å². The van der Waals surface area contributed by atoms with Crippen molar-refractivity contribution in [1.29, 1.82) is 0 Å². The average Bonchev–Trinajstić information content (AvgIpc) is 2.58. The molecule has 0 amide bonds. The van der Waals surface area contributed by atoms with E-state index in [1.165, 1.54) is 0 Å². The van der Waals surface area contributed by atoms with E-state index in [9.17, 15) is 9.90 Å². The van der Waals surface area contributed by atoms with Crippen LogP contribution >= 0.6 is 0 Å². The van der Waals surface area contributed by atoms with Crippen molar-refractivity contribution in [2.45, 2.75) is 104 Å². The quantitative estimate of drug-likeness (QED) is 0.579. The van der Waals surface area contributed by atoms with Gasteiger partial charge in [-0.3, -0.25) is 0 Å². The van der Waals surface area contributed by atoms with Crippen molar-refractivity contribution < 1.29 is 19.4 Å². The Labute approximate surface area is 181 Å². The van der Waals surface area contributed by atoms with Gasteiger partial charge < -0.3 is 14.6 Å². The molecule has 0 saturated carbocycles. The molecule has 4 nitrogen and oxygen atoms in total. The summed E-state index contributed by atoms with van der Waals surface area (Å²) in [6.07, 6.45) is 5.40. The van der Waals surface area contributed by atoms with E-state index in [-0.39, 0.29) is 34.6 Å².